The summed E-state index contributed by atoms with van der Waals surface area (Å²) in [6.07, 6.45) is 1.55. The Balaban J connectivity index is 2.84. The molecular weight excluding hydrogens is 190 g/mol. The first-order chi connectivity index (χ1) is 6.24. The van der Waals surface area contributed by atoms with E-state index >= 15 is 0 Å². The van der Waals surface area contributed by atoms with Crippen molar-refractivity contribution in [3.8, 4) is 11.8 Å². The summed E-state index contributed by atoms with van der Waals surface area (Å²) >= 11 is 5.34. The molecule has 13 heavy (non-hydrogen) atoms. The lowest BCUT2D eigenvalue weighted by molar-refractivity contribution is 0.760. The number of nitrogen functional groups attached to an aromatic ring is 1. The van der Waals surface area contributed by atoms with Crippen LogP contribution in [-0.2, 0) is 6.54 Å². The topological polar surface area (TPSA) is 60.9 Å². The molecule has 0 saturated heterocycles. The number of nitrogens with two attached hydrogens (primary N) is 1. The van der Waals surface area contributed by atoms with Crippen LogP contribution in [0, 0.1) is 11.8 Å². The Labute approximate surface area is 80.3 Å². The van der Waals surface area contributed by atoms with E-state index < -0.39 is 5.69 Å². The third kappa shape index (κ3) is 2.80. The second-order valence-corrected chi connectivity index (χ2v) is 2.52. The number of hydrogen-bond acceptors (Lipinski definition) is 3. The molecule has 0 unspecified atom stereocenters. The largest absolute Gasteiger partial charge is 0.383 e. The highest BCUT2D eigenvalue weighted by Gasteiger charge is 1.93. The summed E-state index contributed by atoms with van der Waals surface area (Å²) in [5, 5.41) is 0. The number of aromatic nitrogens is 2. The van der Waals surface area contributed by atoms with Crippen molar-refractivity contribution in [1.82, 2.24) is 9.55 Å². The summed E-state index contributed by atoms with van der Waals surface area (Å²) in [7, 11) is 0. The van der Waals surface area contributed by atoms with Crippen molar-refractivity contribution >= 4 is 17.4 Å². The molecule has 1 aromatic heterocycles. The average molecular weight is 198 g/mol. The van der Waals surface area contributed by atoms with Crippen molar-refractivity contribution in [2.75, 3.05) is 11.6 Å². The van der Waals surface area contributed by atoms with Gasteiger partial charge in [-0.1, -0.05) is 11.8 Å². The van der Waals surface area contributed by atoms with Crippen molar-refractivity contribution in [2.45, 2.75) is 6.54 Å². The number of anilines is 1. The minimum absolute atomic E-state index is 0.214. The Bertz CT molecular complexity index is 402. The van der Waals surface area contributed by atoms with Gasteiger partial charge in [0, 0.05) is 6.20 Å². The highest BCUT2D eigenvalue weighted by Crippen LogP contribution is 1.88. The van der Waals surface area contributed by atoms with Crippen molar-refractivity contribution in [3.05, 3.63) is 22.7 Å². The molecule has 0 aromatic carbocycles. The van der Waals surface area contributed by atoms with E-state index in [1.54, 1.807) is 12.3 Å². The fourth-order valence-electron chi connectivity index (χ4n) is 0.751. The van der Waals surface area contributed by atoms with E-state index in [-0.39, 0.29) is 11.7 Å². The second kappa shape index (κ2) is 4.53. The quantitative estimate of drug-likeness (QED) is 0.512. The molecule has 0 aliphatic heterocycles. The van der Waals surface area contributed by atoms with Gasteiger partial charge in [0.2, 0.25) is 0 Å². The van der Waals surface area contributed by atoms with Gasteiger partial charge in [-0.3, -0.25) is 4.57 Å². The van der Waals surface area contributed by atoms with Crippen LogP contribution in [0.1, 0.15) is 0 Å². The molecule has 0 aliphatic rings. The maximum absolute atomic E-state index is 11.1. The summed E-state index contributed by atoms with van der Waals surface area (Å²) in [6, 6.07) is 1.55. The molecule has 2 N–H and O–H groups in total. The van der Waals surface area contributed by atoms with Gasteiger partial charge in [0.25, 0.3) is 0 Å². The normalized spacial score (nSPS) is 9.00. The van der Waals surface area contributed by atoms with Crippen LogP contribution in [-0.4, -0.2) is 15.4 Å². The van der Waals surface area contributed by atoms with E-state index in [0.29, 0.717) is 6.54 Å². The van der Waals surface area contributed by atoms with Gasteiger partial charge < -0.3 is 5.73 Å². The Morgan fingerprint density at radius 1 is 1.62 bits per heavy atom. The van der Waals surface area contributed by atoms with E-state index in [0.717, 1.165) is 0 Å². The molecule has 0 aliphatic carbocycles. The van der Waals surface area contributed by atoms with Crippen LogP contribution >= 0.6 is 11.6 Å². The fourth-order valence-corrected chi connectivity index (χ4v) is 0.845. The van der Waals surface area contributed by atoms with Crippen molar-refractivity contribution in [1.29, 1.82) is 0 Å². The van der Waals surface area contributed by atoms with Gasteiger partial charge in [0.15, 0.2) is 0 Å². The lowest BCUT2D eigenvalue weighted by Crippen LogP contribution is -2.22. The van der Waals surface area contributed by atoms with Gasteiger partial charge >= 0.3 is 5.69 Å². The van der Waals surface area contributed by atoms with Crippen LogP contribution < -0.4 is 11.4 Å². The van der Waals surface area contributed by atoms with E-state index in [1.807, 2.05) is 0 Å². The van der Waals surface area contributed by atoms with Crippen LogP contribution in [0.2, 0.25) is 0 Å². The van der Waals surface area contributed by atoms with E-state index in [2.05, 4.69) is 16.8 Å². The van der Waals surface area contributed by atoms with Crippen molar-refractivity contribution in [3.63, 3.8) is 0 Å². The molecule has 5 heteroatoms. The Hall–Kier alpha value is -1.47. The zero-order chi connectivity index (χ0) is 9.68. The second-order valence-electron chi connectivity index (χ2n) is 2.25. The lowest BCUT2D eigenvalue weighted by atomic mass is 10.5. The highest BCUT2D eigenvalue weighted by molar-refractivity contribution is 6.19. The fraction of sp³-hybridized carbons (Fsp3) is 0.250. The number of alkyl halides is 1. The average Bonchev–Trinajstić information content (AvgIpc) is 2.09. The predicted molar refractivity (Wildman–Crippen MR) is 51.4 cm³/mol. The smallest absolute Gasteiger partial charge is 0.350 e. The van der Waals surface area contributed by atoms with Crippen LogP contribution in [0.15, 0.2) is 17.1 Å². The molecule has 68 valence electrons. The van der Waals surface area contributed by atoms with Crippen LogP contribution in [0.25, 0.3) is 0 Å². The van der Waals surface area contributed by atoms with E-state index in [4.69, 9.17) is 17.3 Å². The first-order valence-electron chi connectivity index (χ1n) is 3.58. The first-order valence-corrected chi connectivity index (χ1v) is 4.12. The molecule has 0 fully saturated rings. The van der Waals surface area contributed by atoms with Gasteiger partial charge in [0.05, 0.1) is 12.4 Å². The van der Waals surface area contributed by atoms with E-state index in [1.165, 1.54) is 4.57 Å². The molecule has 1 heterocycles. The lowest BCUT2D eigenvalue weighted by Gasteiger charge is -1.98. The first kappa shape index (κ1) is 9.62. The SMILES string of the molecule is Nc1ccn(CC#CCCl)c(=O)n1. The molecule has 0 atom stereocenters. The molecule has 1 aromatic rings. The minimum atomic E-state index is -0.399. The monoisotopic (exact) mass is 197 g/mol. The third-order valence-electron chi connectivity index (χ3n) is 1.34. The number of rotatable bonds is 1. The molecule has 4 nitrogen and oxygen atoms in total. The number of hydrogen-bond donors (Lipinski definition) is 1. The maximum Gasteiger partial charge on any atom is 0.350 e. The number of halogens is 1. The maximum atomic E-state index is 11.1. The van der Waals surface area contributed by atoms with Crippen LogP contribution in [0.4, 0.5) is 5.82 Å². The molecule has 0 amide bonds. The molecule has 0 spiro atoms. The minimum Gasteiger partial charge on any atom is -0.383 e. The standard InChI is InChI=1S/C8H8ClN3O/c9-4-1-2-5-12-6-3-7(10)11-8(12)13/h3,6H,4-5H2,(H2,10,11,13). The zero-order valence-corrected chi connectivity index (χ0v) is 7.58. The Morgan fingerprint density at radius 2 is 2.38 bits per heavy atom. The zero-order valence-electron chi connectivity index (χ0n) is 6.83. The van der Waals surface area contributed by atoms with Gasteiger partial charge in [-0.25, -0.2) is 4.79 Å². The van der Waals surface area contributed by atoms with Gasteiger partial charge in [-0.15, -0.1) is 11.6 Å². The summed E-state index contributed by atoms with van der Waals surface area (Å²) in [5.74, 6) is 5.82. The number of nitrogens with zero attached hydrogens (tertiary/aromatic N) is 2. The molecule has 0 saturated carbocycles. The van der Waals surface area contributed by atoms with Crippen LogP contribution in [0.5, 0.6) is 0 Å². The van der Waals surface area contributed by atoms with Crippen LogP contribution in [0.3, 0.4) is 0 Å². The summed E-state index contributed by atoms with van der Waals surface area (Å²) in [6.45, 7) is 0.291. The van der Waals surface area contributed by atoms with Gasteiger partial charge in [-0.2, -0.15) is 4.98 Å². The summed E-state index contributed by atoms with van der Waals surface area (Å²) in [4.78, 5) is 14.6. The predicted octanol–water partition coefficient (Wildman–Crippen LogP) is 0.0677. The van der Waals surface area contributed by atoms with Gasteiger partial charge in [-0.05, 0) is 6.07 Å². The molecule has 1 rings (SSSR count). The highest BCUT2D eigenvalue weighted by atomic mass is 35.5. The van der Waals surface area contributed by atoms with E-state index in [9.17, 15) is 4.79 Å². The molecular formula is C8H8ClN3O. The van der Waals surface area contributed by atoms with Crippen molar-refractivity contribution < 1.29 is 0 Å². The Morgan fingerprint density at radius 3 is 3.00 bits per heavy atom. The molecule has 0 radical (unpaired) electrons. The summed E-state index contributed by atoms with van der Waals surface area (Å²) < 4.78 is 1.36. The van der Waals surface area contributed by atoms with Crippen molar-refractivity contribution in [2.24, 2.45) is 0 Å². The Kier molecular flexibility index (Phi) is 3.35. The van der Waals surface area contributed by atoms with Gasteiger partial charge in [0.1, 0.15) is 5.82 Å². The molecule has 0 bridgehead atoms. The third-order valence-corrected chi connectivity index (χ3v) is 1.47. The summed E-state index contributed by atoms with van der Waals surface area (Å²) in [5.41, 5.74) is 4.90.